The monoisotopic (exact) mass is 645 g/mol. The van der Waals surface area contributed by atoms with E-state index in [0.29, 0.717) is 11.8 Å². The van der Waals surface area contributed by atoms with Gasteiger partial charge in [-0.2, -0.15) is 0 Å². The highest BCUT2D eigenvalue weighted by Crippen LogP contribution is 2.32. The Hall–Kier alpha value is -3.52. The average molecular weight is 645 g/mol. The molecule has 4 N–H and O–H groups in total. The zero-order chi connectivity index (χ0) is 33.8. The van der Waals surface area contributed by atoms with Crippen LogP contribution in [0.2, 0.25) is 0 Å². The van der Waals surface area contributed by atoms with Gasteiger partial charge in [-0.05, 0) is 96.2 Å². The van der Waals surface area contributed by atoms with Crippen LogP contribution in [0.15, 0.2) is 97.1 Å². The Morgan fingerprint density at radius 3 is 0.917 bits per heavy atom. The summed E-state index contributed by atoms with van der Waals surface area (Å²) in [6, 6.07) is 35.9. The summed E-state index contributed by atoms with van der Waals surface area (Å²) in [6.45, 7) is 4.55. The summed E-state index contributed by atoms with van der Waals surface area (Å²) in [5.74, 6) is 0.930. The predicted molar refractivity (Wildman–Crippen MR) is 211 cm³/mol. The first-order valence-corrected chi connectivity index (χ1v) is 19.5. The second-order valence-electron chi connectivity index (χ2n) is 14.2. The maximum Gasteiger partial charge on any atom is 0.0314 e. The van der Waals surface area contributed by atoms with E-state index in [1.54, 1.807) is 0 Å². The molecule has 2 nitrogen and oxygen atoms in total. The van der Waals surface area contributed by atoms with Crippen LogP contribution in [0, 0.1) is 0 Å². The summed E-state index contributed by atoms with van der Waals surface area (Å²) in [5.41, 5.74) is 22.2. The van der Waals surface area contributed by atoms with Gasteiger partial charge in [0, 0.05) is 23.2 Å². The highest BCUT2D eigenvalue weighted by Gasteiger charge is 2.15. The van der Waals surface area contributed by atoms with Gasteiger partial charge in [-0.3, -0.25) is 0 Å². The molecule has 0 aliphatic rings. The number of hydrogen-bond donors (Lipinski definition) is 2. The molecule has 258 valence electrons. The molecule has 0 amide bonds. The van der Waals surface area contributed by atoms with Crippen LogP contribution in [0.25, 0.3) is 0 Å². The number of anilines is 2. The van der Waals surface area contributed by atoms with E-state index in [1.807, 2.05) is 24.3 Å². The fourth-order valence-electron chi connectivity index (χ4n) is 7.23. The van der Waals surface area contributed by atoms with E-state index in [-0.39, 0.29) is 0 Å². The van der Waals surface area contributed by atoms with E-state index >= 15 is 0 Å². The number of aryl methyl sites for hydroxylation is 2. The third-order valence-corrected chi connectivity index (χ3v) is 10.3. The van der Waals surface area contributed by atoms with Crippen molar-refractivity contribution in [3.8, 4) is 0 Å². The molecule has 2 heteroatoms. The molecule has 0 aromatic heterocycles. The van der Waals surface area contributed by atoms with E-state index < -0.39 is 0 Å². The Kier molecular flexibility index (Phi) is 16.7. The maximum atomic E-state index is 5.95. The maximum absolute atomic E-state index is 5.95. The number of hydrogen-bond acceptors (Lipinski definition) is 2. The highest BCUT2D eigenvalue weighted by atomic mass is 14.5. The SMILES string of the molecule is CCCCC(c1ccc(N)cc1)c1ccc(CCCCCCCCCCCCc2ccc(C(CCCC)c3ccc(N)cc3)cc2)cc1. The van der Waals surface area contributed by atoms with E-state index in [1.165, 1.54) is 149 Å². The number of rotatable bonds is 23. The van der Waals surface area contributed by atoms with Crippen molar-refractivity contribution in [2.24, 2.45) is 0 Å². The molecule has 2 unspecified atom stereocenters. The molecule has 4 aromatic rings. The summed E-state index contributed by atoms with van der Waals surface area (Å²) in [5, 5.41) is 0. The normalized spacial score (nSPS) is 12.6. The molecular formula is C46H64N2. The van der Waals surface area contributed by atoms with Crippen LogP contribution in [0.5, 0.6) is 0 Å². The van der Waals surface area contributed by atoms with Crippen molar-refractivity contribution in [3.63, 3.8) is 0 Å². The Morgan fingerprint density at radius 1 is 0.354 bits per heavy atom. The molecule has 2 atom stereocenters. The number of nitrogen functional groups attached to an aromatic ring is 2. The Morgan fingerprint density at radius 2 is 0.625 bits per heavy atom. The van der Waals surface area contributed by atoms with E-state index in [9.17, 15) is 0 Å². The Bertz CT molecular complexity index is 1280. The molecule has 0 aliphatic heterocycles. The van der Waals surface area contributed by atoms with Crippen molar-refractivity contribution in [1.29, 1.82) is 0 Å². The van der Waals surface area contributed by atoms with Gasteiger partial charge < -0.3 is 11.5 Å². The molecule has 48 heavy (non-hydrogen) atoms. The van der Waals surface area contributed by atoms with E-state index in [2.05, 4.69) is 86.6 Å². The van der Waals surface area contributed by atoms with Crippen LogP contribution >= 0.6 is 0 Å². The fourth-order valence-corrected chi connectivity index (χ4v) is 7.23. The number of nitrogens with two attached hydrogens (primary N) is 2. The van der Waals surface area contributed by atoms with Gasteiger partial charge >= 0.3 is 0 Å². The van der Waals surface area contributed by atoms with Gasteiger partial charge in [0.25, 0.3) is 0 Å². The third-order valence-electron chi connectivity index (χ3n) is 10.3. The number of unbranched alkanes of at least 4 members (excludes halogenated alkanes) is 11. The van der Waals surface area contributed by atoms with E-state index in [0.717, 1.165) is 11.4 Å². The van der Waals surface area contributed by atoms with Crippen molar-refractivity contribution >= 4 is 11.4 Å². The average Bonchev–Trinajstić information content (AvgIpc) is 3.11. The molecule has 0 bridgehead atoms. The summed E-state index contributed by atoms with van der Waals surface area (Å²) < 4.78 is 0. The molecule has 0 radical (unpaired) electrons. The van der Waals surface area contributed by atoms with Gasteiger partial charge in [0.15, 0.2) is 0 Å². The smallest absolute Gasteiger partial charge is 0.0314 e. The predicted octanol–water partition coefficient (Wildman–Crippen LogP) is 13.2. The molecule has 0 saturated carbocycles. The summed E-state index contributed by atoms with van der Waals surface area (Å²) in [7, 11) is 0. The van der Waals surface area contributed by atoms with Crippen molar-refractivity contribution in [1.82, 2.24) is 0 Å². The van der Waals surface area contributed by atoms with Crippen molar-refractivity contribution < 1.29 is 0 Å². The van der Waals surface area contributed by atoms with Gasteiger partial charge in [-0.15, -0.1) is 0 Å². The lowest BCUT2D eigenvalue weighted by Gasteiger charge is -2.18. The summed E-state index contributed by atoms with van der Waals surface area (Å²) in [4.78, 5) is 0. The molecule has 4 aromatic carbocycles. The van der Waals surface area contributed by atoms with Gasteiger partial charge in [-0.1, -0.05) is 164 Å². The molecule has 0 aliphatic carbocycles. The first-order chi connectivity index (χ1) is 23.6. The minimum Gasteiger partial charge on any atom is -0.399 e. The summed E-state index contributed by atoms with van der Waals surface area (Å²) >= 11 is 0. The second kappa shape index (κ2) is 21.5. The van der Waals surface area contributed by atoms with Crippen LogP contribution in [-0.2, 0) is 12.8 Å². The molecule has 0 spiro atoms. The lowest BCUT2D eigenvalue weighted by atomic mass is 9.86. The quantitative estimate of drug-likeness (QED) is 0.0623. The summed E-state index contributed by atoms with van der Waals surface area (Å²) in [6.07, 6.45) is 23.4. The van der Waals surface area contributed by atoms with Gasteiger partial charge in [0.1, 0.15) is 0 Å². The number of benzene rings is 4. The zero-order valence-electron chi connectivity index (χ0n) is 30.3. The fraction of sp³-hybridized carbons (Fsp3) is 0.478. The molecular weight excluding hydrogens is 581 g/mol. The lowest BCUT2D eigenvalue weighted by molar-refractivity contribution is 0.551. The largest absolute Gasteiger partial charge is 0.399 e. The van der Waals surface area contributed by atoms with Crippen molar-refractivity contribution in [3.05, 3.63) is 130 Å². The topological polar surface area (TPSA) is 52.0 Å². The highest BCUT2D eigenvalue weighted by molar-refractivity contribution is 5.44. The third kappa shape index (κ3) is 12.8. The minimum absolute atomic E-state index is 0.465. The second-order valence-corrected chi connectivity index (χ2v) is 14.2. The minimum atomic E-state index is 0.465. The van der Waals surface area contributed by atoms with Gasteiger partial charge in [0.05, 0.1) is 0 Å². The van der Waals surface area contributed by atoms with Crippen LogP contribution in [0.4, 0.5) is 11.4 Å². The molecule has 0 heterocycles. The van der Waals surface area contributed by atoms with Crippen molar-refractivity contribution in [2.45, 2.75) is 141 Å². The van der Waals surface area contributed by atoms with Gasteiger partial charge in [-0.25, -0.2) is 0 Å². The molecule has 0 saturated heterocycles. The van der Waals surface area contributed by atoms with Gasteiger partial charge in [0.2, 0.25) is 0 Å². The first kappa shape index (κ1) is 37.3. The standard InChI is InChI=1S/C46H64N2/c1-3-5-19-45(41-29-33-43(47)34-30-41)39-25-21-37(22-26-39)17-15-13-11-9-7-8-10-12-14-16-18-38-23-27-40(28-24-38)46(20-6-4-2)42-31-35-44(48)36-32-42/h21-36,45-46H,3-20,47-48H2,1-2H3. The Balaban J connectivity index is 1.04. The van der Waals surface area contributed by atoms with Crippen LogP contribution in [0.1, 0.15) is 162 Å². The van der Waals surface area contributed by atoms with Crippen LogP contribution in [-0.4, -0.2) is 0 Å². The van der Waals surface area contributed by atoms with Crippen LogP contribution in [0.3, 0.4) is 0 Å². The Labute approximate surface area is 293 Å². The molecule has 4 rings (SSSR count). The first-order valence-electron chi connectivity index (χ1n) is 19.5. The molecule has 0 fully saturated rings. The zero-order valence-corrected chi connectivity index (χ0v) is 30.3. The lowest BCUT2D eigenvalue weighted by Crippen LogP contribution is -2.02. The van der Waals surface area contributed by atoms with E-state index in [4.69, 9.17) is 11.5 Å². The van der Waals surface area contributed by atoms with Crippen LogP contribution < -0.4 is 11.5 Å². The van der Waals surface area contributed by atoms with Crippen molar-refractivity contribution in [2.75, 3.05) is 11.5 Å².